The highest BCUT2D eigenvalue weighted by molar-refractivity contribution is 5.76. The zero-order valence-electron chi connectivity index (χ0n) is 17.1. The first-order chi connectivity index (χ1) is 15.2. The number of hydrogen-bond donors (Lipinski definition) is 0. The fourth-order valence-corrected chi connectivity index (χ4v) is 4.15. The van der Waals surface area contributed by atoms with E-state index in [1.807, 2.05) is 35.2 Å². The van der Waals surface area contributed by atoms with Gasteiger partial charge in [0.2, 0.25) is 5.91 Å². The van der Waals surface area contributed by atoms with Crippen molar-refractivity contribution < 1.29 is 18.0 Å². The van der Waals surface area contributed by atoms with Gasteiger partial charge in [-0.05, 0) is 49.2 Å². The molecule has 1 fully saturated rings. The number of oxazole rings is 1. The van der Waals surface area contributed by atoms with Crippen LogP contribution in [0.4, 0.5) is 4.39 Å². The van der Waals surface area contributed by atoms with E-state index in [9.17, 15) is 9.18 Å². The van der Waals surface area contributed by atoms with E-state index >= 15 is 0 Å². The summed E-state index contributed by atoms with van der Waals surface area (Å²) in [6, 6.07) is 17.9. The summed E-state index contributed by atoms with van der Waals surface area (Å²) < 4.78 is 25.6. The number of para-hydroxylation sites is 2. The fourth-order valence-electron chi connectivity index (χ4n) is 4.15. The van der Waals surface area contributed by atoms with E-state index in [4.69, 9.17) is 8.83 Å². The summed E-state index contributed by atoms with van der Waals surface area (Å²) in [5.74, 6) is 1.98. The van der Waals surface area contributed by atoms with E-state index < -0.39 is 0 Å². The van der Waals surface area contributed by atoms with Crippen LogP contribution >= 0.6 is 0 Å². The van der Waals surface area contributed by atoms with Crippen LogP contribution in [-0.2, 0) is 11.2 Å². The quantitative estimate of drug-likeness (QED) is 0.425. The van der Waals surface area contributed by atoms with Crippen molar-refractivity contribution in [3.8, 4) is 11.3 Å². The normalized spacial score (nSPS) is 14.9. The van der Waals surface area contributed by atoms with Crippen LogP contribution in [0.2, 0.25) is 0 Å². The number of benzene rings is 2. The smallest absolute Gasteiger partial charge is 0.223 e. The monoisotopic (exact) mass is 418 g/mol. The summed E-state index contributed by atoms with van der Waals surface area (Å²) in [7, 11) is 0. The minimum atomic E-state index is -0.318. The average molecular weight is 418 g/mol. The summed E-state index contributed by atoms with van der Waals surface area (Å²) >= 11 is 0. The number of piperidine rings is 1. The number of hydrogen-bond acceptors (Lipinski definition) is 4. The van der Waals surface area contributed by atoms with Crippen molar-refractivity contribution in [3.63, 3.8) is 0 Å². The standard InChI is InChI=1S/C25H23FN2O3/c26-20-6-2-1-5-19(20)22-11-9-18(30-22)10-12-24(29)28-15-13-17(14-16-28)25-27-21-7-3-4-8-23(21)31-25/h1-9,11,17H,10,12-16H2. The van der Waals surface area contributed by atoms with Crippen molar-refractivity contribution in [3.05, 3.63) is 78.1 Å². The van der Waals surface area contributed by atoms with Crippen LogP contribution in [0.1, 0.15) is 36.8 Å². The second kappa shape index (κ2) is 8.38. The van der Waals surface area contributed by atoms with Gasteiger partial charge in [-0.2, -0.15) is 0 Å². The van der Waals surface area contributed by atoms with Crippen LogP contribution in [0.15, 0.2) is 69.5 Å². The molecule has 31 heavy (non-hydrogen) atoms. The molecule has 0 N–H and O–H groups in total. The molecule has 1 saturated heterocycles. The summed E-state index contributed by atoms with van der Waals surface area (Å²) in [5, 5.41) is 0. The SMILES string of the molecule is O=C(CCc1ccc(-c2ccccc2F)o1)N1CCC(c2nc3ccccc3o2)CC1. The second-order valence-corrected chi connectivity index (χ2v) is 7.92. The summed E-state index contributed by atoms with van der Waals surface area (Å²) in [6.07, 6.45) is 2.56. The number of aromatic nitrogens is 1. The van der Waals surface area contributed by atoms with E-state index in [-0.39, 0.29) is 17.6 Å². The Bertz CT molecular complexity index is 1170. The van der Waals surface area contributed by atoms with Gasteiger partial charge in [0, 0.05) is 31.8 Å². The maximum atomic E-state index is 13.9. The molecule has 0 radical (unpaired) electrons. The number of fused-ring (bicyclic) bond motifs is 1. The summed E-state index contributed by atoms with van der Waals surface area (Å²) in [4.78, 5) is 19.2. The van der Waals surface area contributed by atoms with E-state index in [0.29, 0.717) is 43.0 Å². The third kappa shape index (κ3) is 4.10. The Balaban J connectivity index is 1.15. The van der Waals surface area contributed by atoms with Crippen molar-refractivity contribution in [2.45, 2.75) is 31.6 Å². The Morgan fingerprint density at radius 1 is 1.00 bits per heavy atom. The molecule has 0 bridgehead atoms. The highest BCUT2D eigenvalue weighted by Gasteiger charge is 2.27. The van der Waals surface area contributed by atoms with Crippen molar-refractivity contribution in [2.75, 3.05) is 13.1 Å². The molecule has 3 heterocycles. The Morgan fingerprint density at radius 2 is 1.77 bits per heavy atom. The first kappa shape index (κ1) is 19.5. The fraction of sp³-hybridized carbons (Fsp3) is 0.280. The molecule has 0 saturated carbocycles. The maximum absolute atomic E-state index is 13.9. The molecule has 0 aliphatic carbocycles. The molecule has 6 heteroatoms. The molecule has 4 aromatic rings. The number of nitrogens with zero attached hydrogens (tertiary/aromatic N) is 2. The van der Waals surface area contributed by atoms with Crippen LogP contribution in [-0.4, -0.2) is 28.9 Å². The van der Waals surface area contributed by atoms with Gasteiger partial charge in [-0.25, -0.2) is 9.37 Å². The van der Waals surface area contributed by atoms with Gasteiger partial charge in [0.25, 0.3) is 0 Å². The third-order valence-electron chi connectivity index (χ3n) is 5.89. The van der Waals surface area contributed by atoms with Gasteiger partial charge < -0.3 is 13.7 Å². The van der Waals surface area contributed by atoms with Crippen molar-refractivity contribution in [1.82, 2.24) is 9.88 Å². The number of furan rings is 1. The van der Waals surface area contributed by atoms with Gasteiger partial charge in [-0.3, -0.25) is 4.79 Å². The van der Waals surface area contributed by atoms with Crippen LogP contribution in [0, 0.1) is 5.82 Å². The van der Waals surface area contributed by atoms with Crippen molar-refractivity contribution >= 4 is 17.0 Å². The number of halogens is 1. The van der Waals surface area contributed by atoms with Crippen LogP contribution in [0.5, 0.6) is 0 Å². The minimum absolute atomic E-state index is 0.111. The van der Waals surface area contributed by atoms with Gasteiger partial charge in [0.15, 0.2) is 11.5 Å². The predicted molar refractivity (Wildman–Crippen MR) is 115 cm³/mol. The Hall–Kier alpha value is -3.41. The average Bonchev–Trinajstić information content (AvgIpc) is 3.45. The highest BCUT2D eigenvalue weighted by Crippen LogP contribution is 2.30. The molecule has 0 unspecified atom stereocenters. The Morgan fingerprint density at radius 3 is 2.58 bits per heavy atom. The second-order valence-electron chi connectivity index (χ2n) is 7.92. The number of carbonyl (C=O) groups excluding carboxylic acids is 1. The molecular weight excluding hydrogens is 395 g/mol. The Kier molecular flexibility index (Phi) is 5.28. The molecule has 1 aliphatic rings. The van der Waals surface area contributed by atoms with Gasteiger partial charge in [0.1, 0.15) is 22.9 Å². The van der Waals surface area contributed by atoms with Crippen molar-refractivity contribution in [2.24, 2.45) is 0 Å². The van der Waals surface area contributed by atoms with Crippen LogP contribution < -0.4 is 0 Å². The molecular formula is C25H23FN2O3. The van der Waals surface area contributed by atoms with Gasteiger partial charge in [-0.1, -0.05) is 24.3 Å². The highest BCUT2D eigenvalue weighted by atomic mass is 19.1. The van der Waals surface area contributed by atoms with E-state index in [2.05, 4.69) is 4.98 Å². The Labute approximate surface area is 179 Å². The molecule has 1 aliphatic heterocycles. The van der Waals surface area contributed by atoms with Gasteiger partial charge in [0.05, 0.1) is 5.56 Å². The first-order valence-corrected chi connectivity index (χ1v) is 10.6. The number of rotatable bonds is 5. The molecule has 0 atom stereocenters. The zero-order valence-corrected chi connectivity index (χ0v) is 17.1. The molecule has 0 spiro atoms. The van der Waals surface area contributed by atoms with Crippen molar-refractivity contribution in [1.29, 1.82) is 0 Å². The maximum Gasteiger partial charge on any atom is 0.223 e. The van der Waals surface area contributed by atoms with Gasteiger partial charge in [-0.15, -0.1) is 0 Å². The molecule has 5 rings (SSSR count). The lowest BCUT2D eigenvalue weighted by atomic mass is 9.96. The zero-order chi connectivity index (χ0) is 21.2. The predicted octanol–water partition coefficient (Wildman–Crippen LogP) is 5.57. The molecule has 2 aromatic heterocycles. The number of carbonyl (C=O) groups is 1. The minimum Gasteiger partial charge on any atom is -0.461 e. The third-order valence-corrected chi connectivity index (χ3v) is 5.89. The van der Waals surface area contributed by atoms with Gasteiger partial charge >= 0.3 is 0 Å². The summed E-state index contributed by atoms with van der Waals surface area (Å²) in [6.45, 7) is 1.39. The topological polar surface area (TPSA) is 59.5 Å². The molecule has 2 aromatic carbocycles. The largest absolute Gasteiger partial charge is 0.461 e. The number of likely N-dealkylation sites (tertiary alicyclic amines) is 1. The van der Waals surface area contributed by atoms with E-state index in [0.717, 1.165) is 29.8 Å². The first-order valence-electron chi connectivity index (χ1n) is 10.6. The molecule has 158 valence electrons. The lowest BCUT2D eigenvalue weighted by Crippen LogP contribution is -2.38. The lowest BCUT2D eigenvalue weighted by Gasteiger charge is -2.30. The van der Waals surface area contributed by atoms with Crippen LogP contribution in [0.25, 0.3) is 22.4 Å². The van der Waals surface area contributed by atoms with E-state index in [1.165, 1.54) is 6.07 Å². The number of aryl methyl sites for hydroxylation is 1. The van der Waals surface area contributed by atoms with E-state index in [1.54, 1.807) is 24.3 Å². The summed E-state index contributed by atoms with van der Waals surface area (Å²) in [5.41, 5.74) is 2.12. The molecule has 1 amide bonds. The van der Waals surface area contributed by atoms with Crippen LogP contribution in [0.3, 0.4) is 0 Å². The molecule has 5 nitrogen and oxygen atoms in total. The lowest BCUT2D eigenvalue weighted by molar-refractivity contribution is -0.132. The number of amides is 1.